The average molecular weight is 301 g/mol. The third kappa shape index (κ3) is 2.98. The molecule has 0 spiro atoms. The lowest BCUT2D eigenvalue weighted by molar-refractivity contribution is 0.0697. The van der Waals surface area contributed by atoms with Crippen LogP contribution >= 0.6 is 22.9 Å². The van der Waals surface area contributed by atoms with Crippen molar-refractivity contribution < 1.29 is 14.1 Å². The molecule has 2 rings (SSSR count). The number of carbonyl (C=O) groups is 1. The molecule has 1 heterocycles. The van der Waals surface area contributed by atoms with Crippen LogP contribution in [0.4, 0.5) is 0 Å². The van der Waals surface area contributed by atoms with E-state index in [9.17, 15) is 9.00 Å². The topological polar surface area (TPSA) is 54.4 Å². The van der Waals surface area contributed by atoms with E-state index in [1.807, 2.05) is 16.8 Å². The molecule has 0 amide bonds. The Labute approximate surface area is 115 Å². The first-order valence-electron chi connectivity index (χ1n) is 5.00. The van der Waals surface area contributed by atoms with Crippen molar-refractivity contribution in [2.75, 3.05) is 0 Å². The maximum absolute atomic E-state index is 12.1. The first-order chi connectivity index (χ1) is 8.58. The van der Waals surface area contributed by atoms with E-state index in [2.05, 4.69) is 0 Å². The Morgan fingerprint density at radius 1 is 1.39 bits per heavy atom. The minimum absolute atomic E-state index is 0.0205. The molecule has 0 aliphatic carbocycles. The van der Waals surface area contributed by atoms with Crippen molar-refractivity contribution in [1.82, 2.24) is 0 Å². The molecule has 0 radical (unpaired) electrons. The van der Waals surface area contributed by atoms with Crippen molar-refractivity contribution in [3.63, 3.8) is 0 Å². The van der Waals surface area contributed by atoms with Crippen molar-refractivity contribution in [3.8, 4) is 0 Å². The molecule has 0 fully saturated rings. The van der Waals surface area contributed by atoms with E-state index in [1.54, 1.807) is 6.07 Å². The molecule has 18 heavy (non-hydrogen) atoms. The summed E-state index contributed by atoms with van der Waals surface area (Å²) in [4.78, 5) is 11.4. The summed E-state index contributed by atoms with van der Waals surface area (Å²) in [7, 11) is -1.26. The maximum atomic E-state index is 12.1. The van der Waals surface area contributed by atoms with Gasteiger partial charge in [0.05, 0.1) is 27.1 Å². The average Bonchev–Trinajstić information content (AvgIpc) is 2.81. The second-order valence-corrected chi connectivity index (χ2v) is 6.21. The Hall–Kier alpha value is -1.17. The second-order valence-electron chi connectivity index (χ2n) is 3.57. The summed E-state index contributed by atoms with van der Waals surface area (Å²) in [6.07, 6.45) is 0. The van der Waals surface area contributed by atoms with Crippen LogP contribution in [0.1, 0.15) is 15.9 Å². The first kappa shape index (κ1) is 13.3. The van der Waals surface area contributed by atoms with Gasteiger partial charge in [-0.15, -0.1) is 0 Å². The lowest BCUT2D eigenvalue weighted by atomic mass is 10.2. The van der Waals surface area contributed by atoms with Gasteiger partial charge in [-0.25, -0.2) is 4.79 Å². The zero-order valence-corrected chi connectivity index (χ0v) is 11.5. The van der Waals surface area contributed by atoms with Crippen molar-refractivity contribution in [1.29, 1.82) is 0 Å². The van der Waals surface area contributed by atoms with E-state index >= 15 is 0 Å². The number of thiophene rings is 1. The number of hydrogen-bond acceptors (Lipinski definition) is 3. The Bertz CT molecular complexity index is 593. The van der Waals surface area contributed by atoms with E-state index in [4.69, 9.17) is 16.7 Å². The van der Waals surface area contributed by atoms with Crippen molar-refractivity contribution >= 4 is 39.7 Å². The lowest BCUT2D eigenvalue weighted by Gasteiger charge is -2.04. The summed E-state index contributed by atoms with van der Waals surface area (Å²) in [6.45, 7) is 0. The molecule has 6 heteroatoms. The van der Waals surface area contributed by atoms with Crippen molar-refractivity contribution in [3.05, 3.63) is 51.2 Å². The third-order valence-corrected chi connectivity index (χ3v) is 4.75. The summed E-state index contributed by atoms with van der Waals surface area (Å²) in [5, 5.41) is 12.9. The number of rotatable bonds is 4. The molecule has 0 saturated heterocycles. The summed E-state index contributed by atoms with van der Waals surface area (Å²) in [5.74, 6) is -0.737. The predicted octanol–water partition coefficient (Wildman–Crippen LogP) is 3.41. The highest BCUT2D eigenvalue weighted by atomic mass is 35.5. The summed E-state index contributed by atoms with van der Waals surface area (Å²) < 4.78 is 12.1. The van der Waals surface area contributed by atoms with Gasteiger partial charge in [0.2, 0.25) is 0 Å². The number of aromatic carboxylic acids is 1. The Kier molecular flexibility index (Phi) is 4.16. The van der Waals surface area contributed by atoms with E-state index < -0.39 is 16.8 Å². The van der Waals surface area contributed by atoms with Gasteiger partial charge in [-0.05, 0) is 40.6 Å². The smallest absolute Gasteiger partial charge is 0.337 e. The molecule has 0 aliphatic rings. The van der Waals surface area contributed by atoms with Crippen LogP contribution in [0.5, 0.6) is 0 Å². The molecular weight excluding hydrogens is 292 g/mol. The first-order valence-corrected chi connectivity index (χ1v) is 7.64. The number of hydrogen-bond donors (Lipinski definition) is 1. The Morgan fingerprint density at radius 2 is 2.17 bits per heavy atom. The molecule has 3 nitrogen and oxygen atoms in total. The van der Waals surface area contributed by atoms with Crippen LogP contribution in [0.2, 0.25) is 5.02 Å². The van der Waals surface area contributed by atoms with Gasteiger partial charge in [-0.2, -0.15) is 11.3 Å². The molecule has 2 aromatic rings. The van der Waals surface area contributed by atoms with Crippen LogP contribution in [-0.4, -0.2) is 15.3 Å². The minimum atomic E-state index is -1.26. The number of halogens is 1. The Balaban J connectivity index is 2.26. The lowest BCUT2D eigenvalue weighted by Crippen LogP contribution is -2.01. The van der Waals surface area contributed by atoms with Gasteiger partial charge in [0.25, 0.3) is 0 Å². The van der Waals surface area contributed by atoms with E-state index in [-0.39, 0.29) is 10.6 Å². The fourth-order valence-corrected chi connectivity index (χ4v) is 3.51. The largest absolute Gasteiger partial charge is 0.478 e. The van der Waals surface area contributed by atoms with Crippen LogP contribution in [0, 0.1) is 0 Å². The van der Waals surface area contributed by atoms with Crippen molar-refractivity contribution in [2.45, 2.75) is 10.6 Å². The summed E-state index contributed by atoms with van der Waals surface area (Å²) in [6, 6.07) is 6.33. The zero-order valence-electron chi connectivity index (χ0n) is 9.13. The Morgan fingerprint density at radius 3 is 2.78 bits per heavy atom. The predicted molar refractivity (Wildman–Crippen MR) is 72.8 cm³/mol. The molecule has 1 aromatic heterocycles. The van der Waals surface area contributed by atoms with Crippen LogP contribution < -0.4 is 0 Å². The van der Waals surface area contributed by atoms with E-state index in [1.165, 1.54) is 23.5 Å². The van der Waals surface area contributed by atoms with Gasteiger partial charge in [-0.3, -0.25) is 4.21 Å². The molecule has 94 valence electrons. The molecule has 1 aromatic carbocycles. The molecule has 1 atom stereocenters. The highest BCUT2D eigenvalue weighted by Crippen LogP contribution is 2.21. The SMILES string of the molecule is O=C(O)c1cc(S(=O)Cc2ccsc2)ccc1Cl. The van der Waals surface area contributed by atoms with Gasteiger partial charge >= 0.3 is 5.97 Å². The van der Waals surface area contributed by atoms with Crippen LogP contribution in [0.25, 0.3) is 0 Å². The van der Waals surface area contributed by atoms with Gasteiger partial charge in [0.15, 0.2) is 0 Å². The standard InChI is InChI=1S/C12H9ClO3S2/c13-11-2-1-9(5-10(11)12(14)15)18(16)7-8-3-4-17-6-8/h1-6H,7H2,(H,14,15). The number of carboxylic acid groups (broad SMARTS) is 1. The minimum Gasteiger partial charge on any atom is -0.478 e. The normalized spacial score (nSPS) is 12.3. The quantitative estimate of drug-likeness (QED) is 0.941. The third-order valence-electron chi connectivity index (χ3n) is 2.31. The molecule has 1 unspecified atom stereocenters. The van der Waals surface area contributed by atoms with Gasteiger partial charge in [0.1, 0.15) is 0 Å². The molecule has 0 aliphatic heterocycles. The highest BCUT2D eigenvalue weighted by molar-refractivity contribution is 7.84. The summed E-state index contributed by atoms with van der Waals surface area (Å²) >= 11 is 7.30. The molecule has 0 bridgehead atoms. The zero-order chi connectivity index (χ0) is 13.1. The fourth-order valence-electron chi connectivity index (χ4n) is 1.42. The maximum Gasteiger partial charge on any atom is 0.337 e. The van der Waals surface area contributed by atoms with Crippen LogP contribution in [-0.2, 0) is 16.6 Å². The molecule has 0 saturated carbocycles. The van der Waals surface area contributed by atoms with E-state index in [0.717, 1.165) is 5.56 Å². The fraction of sp³-hybridized carbons (Fsp3) is 0.0833. The second kappa shape index (κ2) is 5.65. The molecule has 1 N–H and O–H groups in total. The van der Waals surface area contributed by atoms with E-state index in [0.29, 0.717) is 10.6 Å². The van der Waals surface area contributed by atoms with Crippen molar-refractivity contribution in [2.24, 2.45) is 0 Å². The highest BCUT2D eigenvalue weighted by Gasteiger charge is 2.13. The molecular formula is C12H9ClO3S2. The van der Waals surface area contributed by atoms with Gasteiger partial charge < -0.3 is 5.11 Å². The van der Waals surface area contributed by atoms with Crippen LogP contribution in [0.3, 0.4) is 0 Å². The summed E-state index contributed by atoms with van der Waals surface area (Å²) in [5.41, 5.74) is 0.956. The van der Waals surface area contributed by atoms with Gasteiger partial charge in [-0.1, -0.05) is 11.6 Å². The van der Waals surface area contributed by atoms with Crippen LogP contribution in [0.15, 0.2) is 39.9 Å². The van der Waals surface area contributed by atoms with Gasteiger partial charge in [0, 0.05) is 4.90 Å². The number of carboxylic acids is 1. The number of benzene rings is 1. The monoisotopic (exact) mass is 300 g/mol.